The number of fused-ring (bicyclic) bond motifs is 1. The molecule has 0 radical (unpaired) electrons. The molecule has 1 aromatic rings. The van der Waals surface area contributed by atoms with Crippen LogP contribution in [0, 0.1) is 0 Å². The normalized spacial score (nSPS) is 16.0. The third-order valence-corrected chi connectivity index (χ3v) is 2.83. The van der Waals surface area contributed by atoms with Gasteiger partial charge in [-0.05, 0) is 6.07 Å². The predicted octanol–water partition coefficient (Wildman–Crippen LogP) is 1.89. The lowest BCUT2D eigenvalue weighted by Crippen LogP contribution is -2.00. The van der Waals surface area contributed by atoms with Gasteiger partial charge in [0.2, 0.25) is 0 Å². The number of para-hydroxylation sites is 1. The lowest BCUT2D eigenvalue weighted by Gasteiger charge is -2.08. The van der Waals surface area contributed by atoms with E-state index in [4.69, 9.17) is 10.5 Å². The van der Waals surface area contributed by atoms with Gasteiger partial charge in [0, 0.05) is 17.1 Å². The van der Waals surface area contributed by atoms with Crippen molar-refractivity contribution in [2.75, 3.05) is 18.1 Å². The minimum atomic E-state index is 0.759. The van der Waals surface area contributed by atoms with Crippen molar-refractivity contribution in [3.63, 3.8) is 0 Å². The first kappa shape index (κ1) is 7.80. The Kier molecular flexibility index (Phi) is 2.13. The maximum atomic E-state index is 5.78. The van der Waals surface area contributed by atoms with Crippen LogP contribution in [0.1, 0.15) is 5.56 Å². The van der Waals surface area contributed by atoms with E-state index in [-0.39, 0.29) is 0 Å². The van der Waals surface area contributed by atoms with E-state index < -0.39 is 0 Å². The van der Waals surface area contributed by atoms with Gasteiger partial charge in [-0.25, -0.2) is 0 Å². The largest absolute Gasteiger partial charge is 0.490 e. The summed E-state index contributed by atoms with van der Waals surface area (Å²) in [5.41, 5.74) is 7.76. The Bertz CT molecular complexity index is 288. The lowest BCUT2D eigenvalue weighted by atomic mass is 10.2. The molecule has 0 spiro atoms. The maximum Gasteiger partial charge on any atom is 0.146 e. The number of hydrogen-bond acceptors (Lipinski definition) is 3. The van der Waals surface area contributed by atoms with Crippen molar-refractivity contribution in [1.82, 2.24) is 0 Å². The highest BCUT2D eigenvalue weighted by molar-refractivity contribution is 7.98. The number of nitrogens with two attached hydrogens (primary N) is 1. The zero-order chi connectivity index (χ0) is 8.39. The molecule has 0 fully saturated rings. The summed E-state index contributed by atoms with van der Waals surface area (Å²) in [6.45, 7) is 0.770. The van der Waals surface area contributed by atoms with Crippen molar-refractivity contribution < 1.29 is 4.74 Å². The standard InChI is InChI=1S/C9H11NOS/c10-8-3-1-2-7-6-12-5-4-11-9(7)8/h1-3H,4-6,10H2. The van der Waals surface area contributed by atoms with Crippen molar-refractivity contribution in [3.8, 4) is 5.75 Å². The third-order valence-electron chi connectivity index (χ3n) is 1.86. The van der Waals surface area contributed by atoms with E-state index in [0.717, 1.165) is 29.5 Å². The van der Waals surface area contributed by atoms with Crippen LogP contribution >= 0.6 is 11.8 Å². The Morgan fingerprint density at radius 1 is 1.42 bits per heavy atom. The van der Waals surface area contributed by atoms with Crippen molar-refractivity contribution in [3.05, 3.63) is 23.8 Å². The van der Waals surface area contributed by atoms with Gasteiger partial charge in [0.25, 0.3) is 0 Å². The summed E-state index contributed by atoms with van der Waals surface area (Å²) in [6, 6.07) is 5.93. The number of nitrogen functional groups attached to an aromatic ring is 1. The molecule has 64 valence electrons. The average Bonchev–Trinajstić information content (AvgIpc) is 2.30. The van der Waals surface area contributed by atoms with E-state index in [9.17, 15) is 0 Å². The topological polar surface area (TPSA) is 35.2 Å². The van der Waals surface area contributed by atoms with Gasteiger partial charge < -0.3 is 10.5 Å². The van der Waals surface area contributed by atoms with Crippen LogP contribution in [0.3, 0.4) is 0 Å². The Hall–Kier alpha value is -0.830. The second-order valence-corrected chi connectivity index (χ2v) is 3.84. The highest BCUT2D eigenvalue weighted by Gasteiger charge is 2.10. The van der Waals surface area contributed by atoms with Crippen molar-refractivity contribution >= 4 is 17.4 Å². The van der Waals surface area contributed by atoms with Gasteiger partial charge in [-0.1, -0.05) is 12.1 Å². The molecule has 0 amide bonds. The van der Waals surface area contributed by atoms with Crippen molar-refractivity contribution in [1.29, 1.82) is 0 Å². The molecule has 0 saturated carbocycles. The molecular weight excluding hydrogens is 170 g/mol. The zero-order valence-electron chi connectivity index (χ0n) is 6.75. The lowest BCUT2D eigenvalue weighted by molar-refractivity contribution is 0.345. The van der Waals surface area contributed by atoms with Crippen LogP contribution in [0.25, 0.3) is 0 Å². The fourth-order valence-electron chi connectivity index (χ4n) is 1.28. The van der Waals surface area contributed by atoms with Crippen molar-refractivity contribution in [2.24, 2.45) is 0 Å². The quantitative estimate of drug-likeness (QED) is 0.621. The first-order chi connectivity index (χ1) is 5.88. The van der Waals surface area contributed by atoms with Gasteiger partial charge in [-0.3, -0.25) is 0 Å². The average molecular weight is 181 g/mol. The summed E-state index contributed by atoms with van der Waals surface area (Å²) in [5.74, 6) is 2.96. The van der Waals surface area contributed by atoms with E-state index in [1.165, 1.54) is 5.56 Å². The number of thioether (sulfide) groups is 1. The molecule has 0 bridgehead atoms. The zero-order valence-corrected chi connectivity index (χ0v) is 7.56. The predicted molar refractivity (Wildman–Crippen MR) is 52.5 cm³/mol. The second kappa shape index (κ2) is 3.27. The first-order valence-corrected chi connectivity index (χ1v) is 5.11. The fourth-order valence-corrected chi connectivity index (χ4v) is 2.07. The van der Waals surface area contributed by atoms with Gasteiger partial charge in [-0.15, -0.1) is 0 Å². The second-order valence-electron chi connectivity index (χ2n) is 2.74. The van der Waals surface area contributed by atoms with Crippen LogP contribution in [-0.4, -0.2) is 12.4 Å². The van der Waals surface area contributed by atoms with Gasteiger partial charge in [0.15, 0.2) is 0 Å². The van der Waals surface area contributed by atoms with Gasteiger partial charge >= 0.3 is 0 Å². The molecule has 1 aliphatic rings. The highest BCUT2D eigenvalue weighted by Crippen LogP contribution is 2.31. The van der Waals surface area contributed by atoms with Crippen LogP contribution in [-0.2, 0) is 5.75 Å². The molecular formula is C9H11NOS. The smallest absolute Gasteiger partial charge is 0.146 e. The Morgan fingerprint density at radius 3 is 3.25 bits per heavy atom. The molecule has 2 nitrogen and oxygen atoms in total. The van der Waals surface area contributed by atoms with Gasteiger partial charge in [0.1, 0.15) is 5.75 Å². The Morgan fingerprint density at radius 2 is 2.33 bits per heavy atom. The summed E-state index contributed by atoms with van der Waals surface area (Å²) in [7, 11) is 0. The van der Waals surface area contributed by atoms with Crippen LogP contribution in [0.15, 0.2) is 18.2 Å². The molecule has 0 aliphatic carbocycles. The number of anilines is 1. The van der Waals surface area contributed by atoms with Crippen LogP contribution < -0.4 is 10.5 Å². The van der Waals surface area contributed by atoms with E-state index in [0.29, 0.717) is 0 Å². The fraction of sp³-hybridized carbons (Fsp3) is 0.333. The minimum Gasteiger partial charge on any atom is -0.490 e. The number of ether oxygens (including phenoxy) is 1. The van der Waals surface area contributed by atoms with E-state index in [1.54, 1.807) is 0 Å². The third kappa shape index (κ3) is 1.37. The summed E-state index contributed by atoms with van der Waals surface area (Å²) < 4.78 is 5.53. The van der Waals surface area contributed by atoms with Gasteiger partial charge in [0.05, 0.1) is 12.3 Å². The van der Waals surface area contributed by atoms with Crippen molar-refractivity contribution in [2.45, 2.75) is 5.75 Å². The monoisotopic (exact) mass is 181 g/mol. The molecule has 1 aliphatic heterocycles. The van der Waals surface area contributed by atoms with Crippen LogP contribution in [0.2, 0.25) is 0 Å². The summed E-state index contributed by atoms with van der Waals surface area (Å²) in [6.07, 6.45) is 0. The van der Waals surface area contributed by atoms with E-state index >= 15 is 0 Å². The molecule has 0 saturated heterocycles. The summed E-state index contributed by atoms with van der Waals surface area (Å²) >= 11 is 1.89. The molecule has 0 unspecified atom stereocenters. The van der Waals surface area contributed by atoms with Crippen LogP contribution in [0.4, 0.5) is 5.69 Å². The first-order valence-electron chi connectivity index (χ1n) is 3.96. The summed E-state index contributed by atoms with van der Waals surface area (Å²) in [5, 5.41) is 0. The highest BCUT2D eigenvalue weighted by atomic mass is 32.2. The number of rotatable bonds is 0. The van der Waals surface area contributed by atoms with E-state index in [1.807, 2.05) is 23.9 Å². The molecule has 0 aromatic heterocycles. The SMILES string of the molecule is Nc1cccc2c1OCCSC2. The van der Waals surface area contributed by atoms with Gasteiger partial charge in [-0.2, -0.15) is 11.8 Å². The molecule has 2 N–H and O–H groups in total. The van der Waals surface area contributed by atoms with Crippen LogP contribution in [0.5, 0.6) is 5.75 Å². The molecule has 2 rings (SSSR count). The number of benzene rings is 1. The Labute approximate surface area is 76.1 Å². The van der Waals surface area contributed by atoms with E-state index in [2.05, 4.69) is 6.07 Å². The molecule has 12 heavy (non-hydrogen) atoms. The maximum absolute atomic E-state index is 5.78. The number of hydrogen-bond donors (Lipinski definition) is 1. The molecule has 1 heterocycles. The molecule has 0 atom stereocenters. The molecule has 1 aromatic carbocycles. The minimum absolute atomic E-state index is 0.759. The Balaban J connectivity index is 2.42. The summed E-state index contributed by atoms with van der Waals surface area (Å²) in [4.78, 5) is 0. The molecule has 3 heteroatoms.